The molecule has 0 saturated carbocycles. The molecule has 4 heteroatoms. The van der Waals surface area contributed by atoms with Crippen LogP contribution in [0.4, 0.5) is 0 Å². The zero-order chi connectivity index (χ0) is 14.8. The third-order valence-corrected chi connectivity index (χ3v) is 3.61. The largest absolute Gasteiger partial charge is 1.00 e. The SMILES string of the molecule is CCCCCCCCCCc1cc(C(=O)O)ccc1[O-].[K+]. The van der Waals surface area contributed by atoms with E-state index >= 15 is 0 Å². The molecule has 0 heterocycles. The molecule has 1 N–H and O–H groups in total. The Hall–Kier alpha value is 0.126. The second-order valence-corrected chi connectivity index (χ2v) is 5.35. The number of carboxylic acids is 1. The molecular weight excluding hydrogens is 291 g/mol. The van der Waals surface area contributed by atoms with Crippen molar-refractivity contribution in [1.29, 1.82) is 0 Å². The summed E-state index contributed by atoms with van der Waals surface area (Å²) in [5, 5.41) is 20.5. The number of aryl methyl sites for hydroxylation is 1. The van der Waals surface area contributed by atoms with Crippen molar-refractivity contribution in [2.45, 2.75) is 64.7 Å². The van der Waals surface area contributed by atoms with Gasteiger partial charge in [-0.05, 0) is 25.0 Å². The topological polar surface area (TPSA) is 60.4 Å². The van der Waals surface area contributed by atoms with Crippen LogP contribution in [0.3, 0.4) is 0 Å². The third-order valence-electron chi connectivity index (χ3n) is 3.61. The van der Waals surface area contributed by atoms with E-state index in [0.29, 0.717) is 12.0 Å². The molecule has 0 aliphatic carbocycles. The molecule has 0 fully saturated rings. The molecule has 0 atom stereocenters. The first-order valence-corrected chi connectivity index (χ1v) is 7.68. The second-order valence-electron chi connectivity index (χ2n) is 5.35. The van der Waals surface area contributed by atoms with Crippen molar-refractivity contribution in [3.63, 3.8) is 0 Å². The predicted octanol–water partition coefficient (Wildman–Crippen LogP) is 1.15. The molecule has 1 aromatic rings. The number of unbranched alkanes of at least 4 members (excludes halogenated alkanes) is 7. The van der Waals surface area contributed by atoms with E-state index in [1.165, 1.54) is 56.7 Å². The molecule has 0 bridgehead atoms. The molecule has 0 radical (unpaired) electrons. The minimum absolute atomic E-state index is 0. The number of carbonyl (C=O) groups is 1. The Morgan fingerprint density at radius 3 is 2.19 bits per heavy atom. The van der Waals surface area contributed by atoms with Crippen molar-refractivity contribution in [2.75, 3.05) is 0 Å². The van der Waals surface area contributed by atoms with Crippen molar-refractivity contribution in [3.05, 3.63) is 29.3 Å². The van der Waals surface area contributed by atoms with Gasteiger partial charge in [-0.2, -0.15) is 0 Å². The summed E-state index contributed by atoms with van der Waals surface area (Å²) in [6.07, 6.45) is 10.4. The average Bonchev–Trinajstić information content (AvgIpc) is 2.43. The Kier molecular flexibility index (Phi) is 12.7. The molecule has 1 rings (SSSR count). The fourth-order valence-corrected chi connectivity index (χ4v) is 2.36. The molecule has 21 heavy (non-hydrogen) atoms. The van der Waals surface area contributed by atoms with E-state index in [-0.39, 0.29) is 62.7 Å². The second kappa shape index (κ2) is 12.6. The summed E-state index contributed by atoms with van der Waals surface area (Å²) in [5.74, 6) is -1.01. The first-order valence-electron chi connectivity index (χ1n) is 7.68. The van der Waals surface area contributed by atoms with E-state index in [4.69, 9.17) is 5.11 Å². The smallest absolute Gasteiger partial charge is 0.872 e. The minimum Gasteiger partial charge on any atom is -0.872 e. The van der Waals surface area contributed by atoms with Crippen LogP contribution >= 0.6 is 0 Å². The van der Waals surface area contributed by atoms with Gasteiger partial charge in [0.15, 0.2) is 0 Å². The number of hydrogen-bond donors (Lipinski definition) is 1. The first kappa shape index (κ1) is 21.1. The molecule has 0 unspecified atom stereocenters. The monoisotopic (exact) mass is 316 g/mol. The maximum atomic E-state index is 11.6. The van der Waals surface area contributed by atoms with Crippen LogP contribution in [0.15, 0.2) is 18.2 Å². The van der Waals surface area contributed by atoms with E-state index in [0.717, 1.165) is 12.8 Å². The van der Waals surface area contributed by atoms with E-state index in [9.17, 15) is 9.90 Å². The van der Waals surface area contributed by atoms with Crippen molar-refractivity contribution >= 4 is 5.97 Å². The van der Waals surface area contributed by atoms with Crippen LogP contribution < -0.4 is 56.5 Å². The maximum absolute atomic E-state index is 11.6. The molecule has 0 aliphatic rings. The van der Waals surface area contributed by atoms with Gasteiger partial charge in [-0.3, -0.25) is 0 Å². The summed E-state index contributed by atoms with van der Waals surface area (Å²) < 4.78 is 0. The van der Waals surface area contributed by atoms with Gasteiger partial charge in [0.05, 0.1) is 5.56 Å². The van der Waals surface area contributed by atoms with Gasteiger partial charge in [0.1, 0.15) is 0 Å². The van der Waals surface area contributed by atoms with Crippen LogP contribution in [-0.4, -0.2) is 11.1 Å². The van der Waals surface area contributed by atoms with Crippen molar-refractivity contribution in [1.82, 2.24) is 0 Å². The number of hydrogen-bond acceptors (Lipinski definition) is 2. The van der Waals surface area contributed by atoms with Crippen LogP contribution in [-0.2, 0) is 6.42 Å². The van der Waals surface area contributed by atoms with Crippen molar-refractivity contribution < 1.29 is 66.4 Å². The van der Waals surface area contributed by atoms with Crippen molar-refractivity contribution in [2.24, 2.45) is 0 Å². The van der Waals surface area contributed by atoms with E-state index < -0.39 is 5.97 Å². The number of aromatic carboxylic acids is 1. The molecule has 0 aromatic heterocycles. The van der Waals surface area contributed by atoms with Gasteiger partial charge in [0, 0.05) is 0 Å². The summed E-state index contributed by atoms with van der Waals surface area (Å²) >= 11 is 0. The standard InChI is InChI=1S/C17H26O3.K/c1-2-3-4-5-6-7-8-9-10-14-13-15(17(19)20)11-12-16(14)18;/h11-13,18H,2-10H2,1H3,(H,19,20);/q;+1/p-1. The molecular formula is C17H25KO3. The molecule has 0 aliphatic heterocycles. The van der Waals surface area contributed by atoms with E-state index in [1.807, 2.05) is 0 Å². The molecule has 0 saturated heterocycles. The maximum Gasteiger partial charge on any atom is 1.00 e. The Labute approximate surface area is 170 Å². The van der Waals surface area contributed by atoms with Crippen LogP contribution in [0, 0.1) is 0 Å². The van der Waals surface area contributed by atoms with Gasteiger partial charge in [-0.15, -0.1) is 5.75 Å². The van der Waals surface area contributed by atoms with E-state index in [2.05, 4.69) is 6.92 Å². The number of rotatable bonds is 10. The zero-order valence-electron chi connectivity index (χ0n) is 13.4. The first-order chi connectivity index (χ1) is 9.65. The normalized spacial score (nSPS) is 10.1. The van der Waals surface area contributed by atoms with Gasteiger partial charge >= 0.3 is 57.4 Å². The summed E-state index contributed by atoms with van der Waals surface area (Å²) in [5.41, 5.74) is 0.843. The van der Waals surface area contributed by atoms with Crippen molar-refractivity contribution in [3.8, 4) is 5.75 Å². The predicted molar refractivity (Wildman–Crippen MR) is 79.2 cm³/mol. The quantitative estimate of drug-likeness (QED) is 0.520. The van der Waals surface area contributed by atoms with Gasteiger partial charge in [0.25, 0.3) is 0 Å². The molecule has 112 valence electrons. The Morgan fingerprint density at radius 1 is 1.05 bits per heavy atom. The fourth-order valence-electron chi connectivity index (χ4n) is 2.36. The van der Waals surface area contributed by atoms with Crippen LogP contribution in [0.5, 0.6) is 5.75 Å². The summed E-state index contributed by atoms with van der Waals surface area (Å²) in [6, 6.07) is 4.26. The summed E-state index contributed by atoms with van der Waals surface area (Å²) in [4.78, 5) is 10.9. The van der Waals surface area contributed by atoms with E-state index in [1.54, 1.807) is 0 Å². The zero-order valence-corrected chi connectivity index (χ0v) is 16.5. The Balaban J connectivity index is 0.00000400. The number of benzene rings is 1. The Morgan fingerprint density at radius 2 is 1.62 bits per heavy atom. The molecule has 1 aromatic carbocycles. The van der Waals surface area contributed by atoms with Gasteiger partial charge in [-0.25, -0.2) is 4.79 Å². The molecule has 0 spiro atoms. The number of carboxylic acid groups (broad SMARTS) is 1. The van der Waals surface area contributed by atoms with Crippen LogP contribution in [0.1, 0.15) is 74.2 Å². The fraction of sp³-hybridized carbons (Fsp3) is 0.588. The molecule has 0 amide bonds. The van der Waals surface area contributed by atoms with Gasteiger partial charge < -0.3 is 10.2 Å². The Bertz CT molecular complexity index is 418. The van der Waals surface area contributed by atoms with Gasteiger partial charge in [0.2, 0.25) is 0 Å². The van der Waals surface area contributed by atoms with Crippen LogP contribution in [0.2, 0.25) is 0 Å². The average molecular weight is 316 g/mol. The third kappa shape index (κ3) is 8.99. The minimum atomic E-state index is -0.970. The van der Waals surface area contributed by atoms with Gasteiger partial charge in [-0.1, -0.05) is 63.5 Å². The van der Waals surface area contributed by atoms with Crippen LogP contribution in [0.25, 0.3) is 0 Å². The molecule has 3 nitrogen and oxygen atoms in total. The summed E-state index contributed by atoms with van der Waals surface area (Å²) in [7, 11) is 0. The summed E-state index contributed by atoms with van der Waals surface area (Å²) in [6.45, 7) is 2.21.